The van der Waals surface area contributed by atoms with E-state index in [1.165, 1.54) is 27.3 Å². The molecule has 0 unspecified atom stereocenters. The predicted octanol–water partition coefficient (Wildman–Crippen LogP) is 0.843. The summed E-state index contributed by atoms with van der Waals surface area (Å²) in [6, 6.07) is 10.6. The van der Waals surface area contributed by atoms with Gasteiger partial charge in [0.25, 0.3) is 11.5 Å². The second kappa shape index (κ2) is 7.45. The van der Waals surface area contributed by atoms with Crippen molar-refractivity contribution in [3.63, 3.8) is 0 Å². The van der Waals surface area contributed by atoms with E-state index in [2.05, 4.69) is 15.4 Å². The highest BCUT2D eigenvalue weighted by Gasteiger charge is 2.27. The number of amides is 1. The first-order valence-corrected chi connectivity index (χ1v) is 11.1. The summed E-state index contributed by atoms with van der Waals surface area (Å²) in [6.45, 7) is 0.737. The smallest absolute Gasteiger partial charge is 0.273 e. The summed E-state index contributed by atoms with van der Waals surface area (Å²) in [5.74, 6) is -0.348. The molecule has 152 valence electrons. The van der Waals surface area contributed by atoms with Crippen LogP contribution >= 0.6 is 0 Å². The Morgan fingerprint density at radius 1 is 1.21 bits per heavy atom. The van der Waals surface area contributed by atoms with E-state index in [9.17, 15) is 18.0 Å². The molecule has 29 heavy (non-hydrogen) atoms. The van der Waals surface area contributed by atoms with E-state index in [1.54, 1.807) is 0 Å². The van der Waals surface area contributed by atoms with Gasteiger partial charge in [-0.3, -0.25) is 14.7 Å². The Labute approximate surface area is 167 Å². The standard InChI is InChI=1S/C19H21N5O4S/c1-29(27,28)23-9-7-14(8-10-23)21-19(26)15-12-20-24-17(25)11-16(22-18(15)24)13-5-3-2-4-6-13/h2-6,11-12,14,20H,7-10H2,1H3,(H,21,26). The molecule has 10 heteroatoms. The lowest BCUT2D eigenvalue weighted by molar-refractivity contribution is 0.0925. The molecule has 0 aliphatic carbocycles. The van der Waals surface area contributed by atoms with Crippen LogP contribution in [-0.2, 0) is 10.0 Å². The van der Waals surface area contributed by atoms with Crippen molar-refractivity contribution in [2.45, 2.75) is 18.9 Å². The fraction of sp³-hybridized carbons (Fsp3) is 0.316. The van der Waals surface area contributed by atoms with Gasteiger partial charge in [-0.1, -0.05) is 30.3 Å². The predicted molar refractivity (Wildman–Crippen MR) is 108 cm³/mol. The van der Waals surface area contributed by atoms with Crippen LogP contribution in [0.4, 0.5) is 0 Å². The van der Waals surface area contributed by atoms with Crippen LogP contribution in [0, 0.1) is 0 Å². The molecule has 3 aromatic rings. The van der Waals surface area contributed by atoms with Gasteiger partial charge in [0.1, 0.15) is 5.56 Å². The van der Waals surface area contributed by atoms with Gasteiger partial charge in [0, 0.05) is 37.0 Å². The Kier molecular flexibility index (Phi) is 4.97. The Morgan fingerprint density at radius 3 is 2.55 bits per heavy atom. The summed E-state index contributed by atoms with van der Waals surface area (Å²) in [5.41, 5.74) is 1.49. The number of piperidine rings is 1. The van der Waals surface area contributed by atoms with Crippen LogP contribution in [0.3, 0.4) is 0 Å². The molecule has 3 heterocycles. The zero-order valence-electron chi connectivity index (χ0n) is 15.8. The lowest BCUT2D eigenvalue weighted by atomic mass is 10.1. The molecular weight excluding hydrogens is 394 g/mol. The first kappa shape index (κ1) is 19.3. The van der Waals surface area contributed by atoms with Gasteiger partial charge in [-0.15, -0.1) is 0 Å². The lowest BCUT2D eigenvalue weighted by Crippen LogP contribution is -2.46. The summed E-state index contributed by atoms with van der Waals surface area (Å²) in [4.78, 5) is 29.7. The monoisotopic (exact) mass is 415 g/mol. The number of benzene rings is 1. The molecule has 2 aromatic heterocycles. The van der Waals surface area contributed by atoms with Gasteiger partial charge in [-0.25, -0.2) is 22.2 Å². The highest BCUT2D eigenvalue weighted by molar-refractivity contribution is 7.88. The third-order valence-corrected chi connectivity index (χ3v) is 6.37. The molecule has 0 bridgehead atoms. The quantitative estimate of drug-likeness (QED) is 0.655. The second-order valence-electron chi connectivity index (χ2n) is 7.10. The normalized spacial score (nSPS) is 16.2. The number of aromatic nitrogens is 3. The third-order valence-electron chi connectivity index (χ3n) is 5.07. The topological polar surface area (TPSA) is 117 Å². The summed E-state index contributed by atoms with van der Waals surface area (Å²) in [6.07, 6.45) is 3.71. The zero-order chi connectivity index (χ0) is 20.6. The van der Waals surface area contributed by atoms with Crippen LogP contribution in [0.5, 0.6) is 0 Å². The van der Waals surface area contributed by atoms with Gasteiger partial charge in [0.2, 0.25) is 10.0 Å². The van der Waals surface area contributed by atoms with E-state index in [0.29, 0.717) is 31.6 Å². The molecule has 1 saturated heterocycles. The highest BCUT2D eigenvalue weighted by atomic mass is 32.2. The largest absolute Gasteiger partial charge is 0.349 e. The molecule has 0 atom stereocenters. The minimum Gasteiger partial charge on any atom is -0.349 e. The summed E-state index contributed by atoms with van der Waals surface area (Å²) in [7, 11) is -3.22. The molecule has 1 aliphatic heterocycles. The number of nitrogens with zero attached hydrogens (tertiary/aromatic N) is 3. The maximum absolute atomic E-state index is 12.8. The number of hydrogen-bond donors (Lipinski definition) is 2. The van der Waals surface area contributed by atoms with E-state index < -0.39 is 10.0 Å². The molecule has 0 saturated carbocycles. The Balaban J connectivity index is 1.57. The van der Waals surface area contributed by atoms with Crippen molar-refractivity contribution in [1.82, 2.24) is 24.2 Å². The number of aromatic amines is 1. The highest BCUT2D eigenvalue weighted by Crippen LogP contribution is 2.18. The molecule has 4 rings (SSSR count). The first-order chi connectivity index (χ1) is 13.8. The van der Waals surface area contributed by atoms with E-state index in [0.717, 1.165) is 5.56 Å². The SMILES string of the molecule is CS(=O)(=O)N1CCC(NC(=O)c2c[nH]n3c(=O)cc(-c4ccccc4)nc23)CC1. The van der Waals surface area contributed by atoms with Crippen LogP contribution in [0.25, 0.3) is 16.9 Å². The maximum atomic E-state index is 12.8. The third kappa shape index (κ3) is 3.94. The number of fused-ring (bicyclic) bond motifs is 1. The summed E-state index contributed by atoms with van der Waals surface area (Å²) >= 11 is 0. The Morgan fingerprint density at radius 2 is 1.90 bits per heavy atom. The van der Waals surface area contributed by atoms with E-state index in [1.807, 2.05) is 30.3 Å². The molecule has 0 radical (unpaired) electrons. The molecule has 9 nitrogen and oxygen atoms in total. The first-order valence-electron chi connectivity index (χ1n) is 9.25. The van der Waals surface area contributed by atoms with Gasteiger partial charge in [0.05, 0.1) is 11.9 Å². The van der Waals surface area contributed by atoms with Crippen LogP contribution in [0.15, 0.2) is 47.4 Å². The zero-order valence-corrected chi connectivity index (χ0v) is 16.6. The van der Waals surface area contributed by atoms with Gasteiger partial charge >= 0.3 is 0 Å². The van der Waals surface area contributed by atoms with Crippen molar-refractivity contribution >= 4 is 21.6 Å². The average molecular weight is 415 g/mol. The lowest BCUT2D eigenvalue weighted by Gasteiger charge is -2.30. The number of sulfonamides is 1. The van der Waals surface area contributed by atoms with Crippen molar-refractivity contribution < 1.29 is 13.2 Å². The number of nitrogens with one attached hydrogen (secondary N) is 2. The van der Waals surface area contributed by atoms with Gasteiger partial charge in [0.15, 0.2) is 5.65 Å². The van der Waals surface area contributed by atoms with Crippen LogP contribution in [-0.4, -0.2) is 58.6 Å². The number of rotatable bonds is 4. The van der Waals surface area contributed by atoms with E-state index >= 15 is 0 Å². The summed E-state index contributed by atoms with van der Waals surface area (Å²) in [5, 5.41) is 5.70. The van der Waals surface area contributed by atoms with Gasteiger partial charge in [-0.05, 0) is 12.8 Å². The molecule has 0 spiro atoms. The maximum Gasteiger partial charge on any atom is 0.273 e. The van der Waals surface area contributed by atoms with Crippen molar-refractivity contribution in [2.24, 2.45) is 0 Å². The number of H-pyrrole nitrogens is 1. The molecule has 1 fully saturated rings. The van der Waals surface area contributed by atoms with Crippen LogP contribution in [0.1, 0.15) is 23.2 Å². The van der Waals surface area contributed by atoms with Crippen LogP contribution in [0.2, 0.25) is 0 Å². The van der Waals surface area contributed by atoms with Crippen LogP contribution < -0.4 is 10.9 Å². The van der Waals surface area contributed by atoms with Gasteiger partial charge < -0.3 is 5.32 Å². The van der Waals surface area contributed by atoms with Crippen molar-refractivity contribution in [3.8, 4) is 11.3 Å². The molecule has 1 aliphatic rings. The Hall–Kier alpha value is -2.98. The Bertz CT molecular complexity index is 1210. The average Bonchev–Trinajstić information content (AvgIpc) is 3.13. The van der Waals surface area contributed by atoms with E-state index in [4.69, 9.17) is 0 Å². The van der Waals surface area contributed by atoms with E-state index in [-0.39, 0.29) is 28.7 Å². The fourth-order valence-electron chi connectivity index (χ4n) is 3.50. The molecule has 2 N–H and O–H groups in total. The number of carbonyl (C=O) groups is 1. The molecular formula is C19H21N5O4S. The van der Waals surface area contributed by atoms with Crippen molar-refractivity contribution in [2.75, 3.05) is 19.3 Å². The minimum atomic E-state index is -3.22. The molecule has 1 aromatic carbocycles. The summed E-state index contributed by atoms with van der Waals surface area (Å²) < 4.78 is 25.9. The van der Waals surface area contributed by atoms with Gasteiger partial charge in [-0.2, -0.15) is 0 Å². The number of carbonyl (C=O) groups excluding carboxylic acids is 1. The fourth-order valence-corrected chi connectivity index (χ4v) is 4.37. The van der Waals surface area contributed by atoms with Crippen molar-refractivity contribution in [3.05, 3.63) is 58.5 Å². The van der Waals surface area contributed by atoms with Crippen molar-refractivity contribution in [1.29, 1.82) is 0 Å². The molecule has 1 amide bonds. The second-order valence-corrected chi connectivity index (χ2v) is 9.08. The minimum absolute atomic E-state index is 0.139. The number of hydrogen-bond acceptors (Lipinski definition) is 5.